The van der Waals surface area contributed by atoms with Crippen LogP contribution in [0.25, 0.3) is 11.1 Å². The second kappa shape index (κ2) is 4.38. The Kier molecular flexibility index (Phi) is 2.90. The van der Waals surface area contributed by atoms with Gasteiger partial charge < -0.3 is 10.1 Å². The first-order valence-corrected chi connectivity index (χ1v) is 5.47. The third kappa shape index (κ3) is 1.98. The zero-order chi connectivity index (χ0) is 13.3. The number of hydrogen-bond donors (Lipinski definition) is 2. The number of H-pyrrole nitrogens is 1. The summed E-state index contributed by atoms with van der Waals surface area (Å²) in [5, 5.41) is 18.7. The van der Waals surface area contributed by atoms with Crippen LogP contribution in [0, 0.1) is 25.2 Å². The van der Waals surface area contributed by atoms with Gasteiger partial charge in [-0.05, 0) is 37.1 Å². The molecule has 0 fully saturated rings. The van der Waals surface area contributed by atoms with E-state index in [4.69, 9.17) is 5.26 Å². The standard InChI is InChI=1S/C14H12N2O2/c1-8-3-4-10(6-13(8)17)11-5-9(2)16-14(18)12(11)7-15/h3-6,17H,1-2H3,(H,16,18). The number of aromatic amines is 1. The first kappa shape index (κ1) is 11.9. The molecule has 0 radical (unpaired) electrons. The van der Waals surface area contributed by atoms with E-state index in [1.165, 1.54) is 0 Å². The van der Waals surface area contributed by atoms with Crippen LogP contribution in [0.15, 0.2) is 29.1 Å². The SMILES string of the molecule is Cc1cc(-c2ccc(C)c(O)c2)c(C#N)c(=O)[nH]1. The van der Waals surface area contributed by atoms with Gasteiger partial charge in [0.25, 0.3) is 5.56 Å². The van der Waals surface area contributed by atoms with Crippen molar-refractivity contribution in [2.45, 2.75) is 13.8 Å². The Balaban J connectivity index is 2.75. The van der Waals surface area contributed by atoms with E-state index >= 15 is 0 Å². The van der Waals surface area contributed by atoms with Gasteiger partial charge in [0.05, 0.1) is 0 Å². The predicted octanol–water partition coefficient (Wildman–Crippen LogP) is 2.24. The van der Waals surface area contributed by atoms with E-state index in [-0.39, 0.29) is 11.3 Å². The molecule has 0 atom stereocenters. The number of pyridine rings is 1. The number of aromatic nitrogens is 1. The Hall–Kier alpha value is -2.54. The fraction of sp³-hybridized carbons (Fsp3) is 0.143. The molecule has 1 heterocycles. The summed E-state index contributed by atoms with van der Waals surface area (Å²) in [6.45, 7) is 3.54. The minimum absolute atomic E-state index is 0.0591. The highest BCUT2D eigenvalue weighted by atomic mass is 16.3. The Morgan fingerprint density at radius 1 is 1.28 bits per heavy atom. The molecular weight excluding hydrogens is 228 g/mol. The number of benzene rings is 1. The van der Waals surface area contributed by atoms with E-state index in [9.17, 15) is 9.90 Å². The summed E-state index contributed by atoms with van der Waals surface area (Å²) in [4.78, 5) is 14.3. The van der Waals surface area contributed by atoms with Gasteiger partial charge in [0, 0.05) is 11.3 Å². The minimum Gasteiger partial charge on any atom is -0.508 e. The van der Waals surface area contributed by atoms with Gasteiger partial charge in [0.2, 0.25) is 0 Å². The summed E-state index contributed by atoms with van der Waals surface area (Å²) < 4.78 is 0. The maximum Gasteiger partial charge on any atom is 0.266 e. The molecule has 0 saturated carbocycles. The number of phenolic OH excluding ortho intramolecular Hbond substituents is 1. The van der Waals surface area contributed by atoms with Gasteiger partial charge in [-0.1, -0.05) is 12.1 Å². The van der Waals surface area contributed by atoms with Crippen molar-refractivity contribution < 1.29 is 5.11 Å². The third-order valence-corrected chi connectivity index (χ3v) is 2.80. The van der Waals surface area contributed by atoms with E-state index < -0.39 is 5.56 Å². The minimum atomic E-state index is -0.410. The Bertz CT molecular complexity index is 709. The van der Waals surface area contributed by atoms with Crippen molar-refractivity contribution in [2.24, 2.45) is 0 Å². The van der Waals surface area contributed by atoms with Crippen molar-refractivity contribution in [3.05, 3.63) is 51.4 Å². The van der Waals surface area contributed by atoms with Crippen LogP contribution in [0.5, 0.6) is 5.75 Å². The molecule has 0 amide bonds. The van der Waals surface area contributed by atoms with Crippen LogP contribution in [0.4, 0.5) is 0 Å². The van der Waals surface area contributed by atoms with E-state index in [0.717, 1.165) is 5.56 Å². The summed E-state index contributed by atoms with van der Waals surface area (Å²) in [7, 11) is 0. The lowest BCUT2D eigenvalue weighted by molar-refractivity contribution is 0.471. The maximum atomic E-state index is 11.7. The second-order valence-electron chi connectivity index (χ2n) is 4.18. The van der Waals surface area contributed by atoms with Gasteiger partial charge in [0.15, 0.2) is 0 Å². The van der Waals surface area contributed by atoms with E-state index in [1.807, 2.05) is 6.07 Å². The Labute approximate surface area is 104 Å². The number of nitriles is 1. The molecule has 0 bridgehead atoms. The van der Waals surface area contributed by atoms with Crippen LogP contribution in [0.2, 0.25) is 0 Å². The molecule has 18 heavy (non-hydrogen) atoms. The van der Waals surface area contributed by atoms with Crippen molar-refractivity contribution in [3.8, 4) is 22.9 Å². The van der Waals surface area contributed by atoms with Gasteiger partial charge in [0.1, 0.15) is 17.4 Å². The molecule has 1 aromatic heterocycles. The highest BCUT2D eigenvalue weighted by Crippen LogP contribution is 2.27. The topological polar surface area (TPSA) is 76.9 Å². The van der Waals surface area contributed by atoms with Crippen molar-refractivity contribution in [3.63, 3.8) is 0 Å². The van der Waals surface area contributed by atoms with Gasteiger partial charge in [-0.3, -0.25) is 4.79 Å². The van der Waals surface area contributed by atoms with Crippen LogP contribution in [-0.4, -0.2) is 10.1 Å². The van der Waals surface area contributed by atoms with Gasteiger partial charge in [-0.25, -0.2) is 0 Å². The fourth-order valence-electron chi connectivity index (χ4n) is 1.80. The summed E-state index contributed by atoms with van der Waals surface area (Å²) in [5.41, 5.74) is 2.27. The molecule has 1 aromatic carbocycles. The van der Waals surface area contributed by atoms with Crippen molar-refractivity contribution in [1.82, 2.24) is 4.98 Å². The molecule has 2 N–H and O–H groups in total. The van der Waals surface area contributed by atoms with Crippen LogP contribution in [-0.2, 0) is 0 Å². The fourth-order valence-corrected chi connectivity index (χ4v) is 1.80. The Morgan fingerprint density at radius 3 is 2.61 bits per heavy atom. The number of hydrogen-bond acceptors (Lipinski definition) is 3. The summed E-state index contributed by atoms with van der Waals surface area (Å²) >= 11 is 0. The first-order valence-electron chi connectivity index (χ1n) is 5.47. The molecule has 0 unspecified atom stereocenters. The van der Waals surface area contributed by atoms with E-state index in [1.54, 1.807) is 38.1 Å². The maximum absolute atomic E-state index is 11.7. The zero-order valence-corrected chi connectivity index (χ0v) is 10.1. The van der Waals surface area contributed by atoms with E-state index in [0.29, 0.717) is 16.8 Å². The first-order chi connectivity index (χ1) is 8.52. The lowest BCUT2D eigenvalue weighted by atomic mass is 9.99. The molecule has 90 valence electrons. The zero-order valence-electron chi connectivity index (χ0n) is 10.1. The van der Waals surface area contributed by atoms with Crippen LogP contribution in [0.3, 0.4) is 0 Å². The molecule has 0 spiro atoms. The lowest BCUT2D eigenvalue weighted by Gasteiger charge is -2.07. The van der Waals surface area contributed by atoms with Crippen molar-refractivity contribution in [1.29, 1.82) is 5.26 Å². The monoisotopic (exact) mass is 240 g/mol. The van der Waals surface area contributed by atoms with Crippen LogP contribution >= 0.6 is 0 Å². The number of aromatic hydroxyl groups is 1. The Morgan fingerprint density at radius 2 is 2.00 bits per heavy atom. The van der Waals surface area contributed by atoms with Crippen molar-refractivity contribution >= 4 is 0 Å². The van der Waals surface area contributed by atoms with Gasteiger partial charge >= 0.3 is 0 Å². The second-order valence-corrected chi connectivity index (χ2v) is 4.18. The summed E-state index contributed by atoms with van der Waals surface area (Å²) in [5.74, 6) is 0.148. The van der Waals surface area contributed by atoms with Crippen LogP contribution < -0.4 is 5.56 Å². The number of nitrogens with zero attached hydrogens (tertiary/aromatic N) is 1. The quantitative estimate of drug-likeness (QED) is 0.802. The molecule has 0 aliphatic heterocycles. The smallest absolute Gasteiger partial charge is 0.266 e. The van der Waals surface area contributed by atoms with Gasteiger partial charge in [-0.2, -0.15) is 5.26 Å². The predicted molar refractivity (Wildman–Crippen MR) is 68.4 cm³/mol. The average molecular weight is 240 g/mol. The number of nitrogens with one attached hydrogen (secondary N) is 1. The molecule has 2 rings (SSSR count). The molecule has 2 aromatic rings. The molecular formula is C14H12N2O2. The molecule has 4 nitrogen and oxygen atoms in total. The number of phenols is 1. The summed E-state index contributed by atoms with van der Waals surface area (Å²) in [6, 6.07) is 8.72. The highest BCUT2D eigenvalue weighted by Gasteiger charge is 2.11. The third-order valence-electron chi connectivity index (χ3n) is 2.80. The molecule has 0 aliphatic carbocycles. The highest BCUT2D eigenvalue weighted by molar-refractivity contribution is 5.71. The largest absolute Gasteiger partial charge is 0.508 e. The number of rotatable bonds is 1. The lowest BCUT2D eigenvalue weighted by Crippen LogP contribution is -2.12. The van der Waals surface area contributed by atoms with Crippen LogP contribution in [0.1, 0.15) is 16.8 Å². The average Bonchev–Trinajstić information content (AvgIpc) is 2.32. The normalized spacial score (nSPS) is 10.1. The molecule has 4 heteroatoms. The van der Waals surface area contributed by atoms with E-state index in [2.05, 4.69) is 4.98 Å². The molecule has 0 saturated heterocycles. The van der Waals surface area contributed by atoms with Crippen molar-refractivity contribution in [2.75, 3.05) is 0 Å². The summed E-state index contributed by atoms with van der Waals surface area (Å²) in [6.07, 6.45) is 0. The molecule has 0 aliphatic rings. The number of aryl methyl sites for hydroxylation is 2. The van der Waals surface area contributed by atoms with Gasteiger partial charge in [-0.15, -0.1) is 0 Å².